The zero-order valence-electron chi connectivity index (χ0n) is 8.54. The highest BCUT2D eigenvalue weighted by Gasteiger charge is 2.25. The largest absolute Gasteiger partial charge is 0.469 e. The molecule has 6 nitrogen and oxygen atoms in total. The molecule has 0 aromatic heterocycles. The standard InChI is InChI=1S/C9H14N2O4/c1-15-8(13)4-5-10-6-2-3-7(12)11-9(6)14/h6,10H,2-5H2,1H3,(H,11,12,14). The zero-order valence-corrected chi connectivity index (χ0v) is 8.54. The molecule has 0 aliphatic carbocycles. The van der Waals surface area contributed by atoms with E-state index >= 15 is 0 Å². The Kier molecular flexibility index (Phi) is 4.23. The topological polar surface area (TPSA) is 84.5 Å². The minimum Gasteiger partial charge on any atom is -0.469 e. The van der Waals surface area contributed by atoms with Gasteiger partial charge in [-0.3, -0.25) is 19.7 Å². The zero-order chi connectivity index (χ0) is 11.3. The van der Waals surface area contributed by atoms with Gasteiger partial charge in [0.1, 0.15) is 0 Å². The monoisotopic (exact) mass is 214 g/mol. The number of carbonyl (C=O) groups is 3. The van der Waals surface area contributed by atoms with Crippen LogP contribution in [0.2, 0.25) is 0 Å². The van der Waals surface area contributed by atoms with E-state index in [1.54, 1.807) is 0 Å². The lowest BCUT2D eigenvalue weighted by Crippen LogP contribution is -2.51. The molecule has 1 aliphatic heterocycles. The first-order valence-electron chi connectivity index (χ1n) is 4.77. The van der Waals surface area contributed by atoms with Gasteiger partial charge in [0.05, 0.1) is 19.6 Å². The number of nitrogens with one attached hydrogen (secondary N) is 2. The van der Waals surface area contributed by atoms with Crippen molar-refractivity contribution >= 4 is 17.8 Å². The highest BCUT2D eigenvalue weighted by Crippen LogP contribution is 2.03. The van der Waals surface area contributed by atoms with Crippen LogP contribution < -0.4 is 10.6 Å². The van der Waals surface area contributed by atoms with E-state index in [0.29, 0.717) is 19.4 Å². The van der Waals surface area contributed by atoms with Gasteiger partial charge < -0.3 is 10.1 Å². The number of ether oxygens (including phenoxy) is 1. The number of methoxy groups -OCH3 is 1. The SMILES string of the molecule is COC(=O)CCNC1CCC(=O)NC1=O. The van der Waals surface area contributed by atoms with Crippen molar-refractivity contribution in [3.05, 3.63) is 0 Å². The molecule has 0 radical (unpaired) electrons. The Bertz CT molecular complexity index is 277. The summed E-state index contributed by atoms with van der Waals surface area (Å²) in [4.78, 5) is 32.8. The molecular formula is C9H14N2O4. The lowest BCUT2D eigenvalue weighted by atomic mass is 10.1. The first-order valence-corrected chi connectivity index (χ1v) is 4.77. The molecular weight excluding hydrogens is 200 g/mol. The first-order chi connectivity index (χ1) is 7.13. The van der Waals surface area contributed by atoms with Crippen LogP contribution in [0.5, 0.6) is 0 Å². The predicted octanol–water partition coefficient (Wildman–Crippen LogP) is -1.06. The second-order valence-corrected chi connectivity index (χ2v) is 3.28. The number of amides is 2. The van der Waals surface area contributed by atoms with Crippen molar-refractivity contribution < 1.29 is 19.1 Å². The van der Waals surface area contributed by atoms with Gasteiger partial charge in [-0.25, -0.2) is 0 Å². The van der Waals surface area contributed by atoms with E-state index in [4.69, 9.17) is 0 Å². The van der Waals surface area contributed by atoms with Gasteiger partial charge in [-0.2, -0.15) is 0 Å². The van der Waals surface area contributed by atoms with Crippen LogP contribution in [0.4, 0.5) is 0 Å². The molecule has 1 unspecified atom stereocenters. The van der Waals surface area contributed by atoms with Crippen molar-refractivity contribution in [3.63, 3.8) is 0 Å². The second-order valence-electron chi connectivity index (χ2n) is 3.28. The van der Waals surface area contributed by atoms with Crippen molar-refractivity contribution in [2.75, 3.05) is 13.7 Å². The summed E-state index contributed by atoms with van der Waals surface area (Å²) in [5, 5.41) is 5.12. The normalized spacial score (nSPS) is 21.0. The summed E-state index contributed by atoms with van der Waals surface area (Å²) in [6, 6.07) is -0.382. The maximum atomic E-state index is 11.2. The molecule has 15 heavy (non-hydrogen) atoms. The van der Waals surface area contributed by atoms with E-state index in [1.165, 1.54) is 7.11 Å². The Morgan fingerprint density at radius 3 is 2.93 bits per heavy atom. The molecule has 1 fully saturated rings. The van der Waals surface area contributed by atoms with E-state index < -0.39 is 0 Å². The van der Waals surface area contributed by atoms with Crippen LogP contribution in [0.25, 0.3) is 0 Å². The van der Waals surface area contributed by atoms with Gasteiger partial charge >= 0.3 is 5.97 Å². The van der Waals surface area contributed by atoms with Crippen LogP contribution in [0.3, 0.4) is 0 Å². The van der Waals surface area contributed by atoms with Crippen LogP contribution in [0, 0.1) is 0 Å². The molecule has 0 aromatic rings. The van der Waals surface area contributed by atoms with E-state index in [0.717, 1.165) is 0 Å². The molecule has 0 bridgehead atoms. The number of carbonyl (C=O) groups excluding carboxylic acids is 3. The average Bonchev–Trinajstić information content (AvgIpc) is 2.21. The molecule has 6 heteroatoms. The molecule has 1 atom stereocenters. The number of hydrogen-bond donors (Lipinski definition) is 2. The minimum atomic E-state index is -0.382. The first kappa shape index (κ1) is 11.6. The Morgan fingerprint density at radius 2 is 2.33 bits per heavy atom. The fourth-order valence-electron chi connectivity index (χ4n) is 1.34. The molecule has 0 saturated carbocycles. The minimum absolute atomic E-state index is 0.216. The summed E-state index contributed by atoms with van der Waals surface area (Å²) >= 11 is 0. The third-order valence-corrected chi connectivity index (χ3v) is 2.19. The van der Waals surface area contributed by atoms with Crippen LogP contribution >= 0.6 is 0 Å². The summed E-state index contributed by atoms with van der Waals surface area (Å²) in [6.45, 7) is 0.374. The summed E-state index contributed by atoms with van der Waals surface area (Å²) in [6.07, 6.45) is 1.03. The Hall–Kier alpha value is -1.43. The molecule has 1 aliphatic rings. The highest BCUT2D eigenvalue weighted by atomic mass is 16.5. The molecule has 0 aromatic carbocycles. The van der Waals surface area contributed by atoms with Crippen molar-refractivity contribution in [1.29, 1.82) is 0 Å². The molecule has 2 amide bonds. The van der Waals surface area contributed by atoms with Gasteiger partial charge in [0, 0.05) is 13.0 Å². The third-order valence-electron chi connectivity index (χ3n) is 2.19. The maximum Gasteiger partial charge on any atom is 0.306 e. The van der Waals surface area contributed by atoms with Gasteiger partial charge in [-0.1, -0.05) is 0 Å². The van der Waals surface area contributed by atoms with Gasteiger partial charge in [0.2, 0.25) is 11.8 Å². The lowest BCUT2D eigenvalue weighted by Gasteiger charge is -2.21. The Labute approximate surface area is 87.4 Å². The smallest absolute Gasteiger partial charge is 0.306 e. The van der Waals surface area contributed by atoms with Gasteiger partial charge in [-0.05, 0) is 6.42 Å². The molecule has 84 valence electrons. The van der Waals surface area contributed by atoms with E-state index in [2.05, 4.69) is 15.4 Å². The predicted molar refractivity (Wildman–Crippen MR) is 50.8 cm³/mol. The van der Waals surface area contributed by atoms with Gasteiger partial charge in [0.15, 0.2) is 0 Å². The Balaban J connectivity index is 2.24. The van der Waals surface area contributed by atoms with Gasteiger partial charge in [-0.15, -0.1) is 0 Å². The third kappa shape index (κ3) is 3.67. The van der Waals surface area contributed by atoms with Gasteiger partial charge in [0.25, 0.3) is 0 Å². The summed E-state index contributed by atoms with van der Waals surface area (Å²) in [5.41, 5.74) is 0. The second kappa shape index (κ2) is 5.45. The summed E-state index contributed by atoms with van der Waals surface area (Å²) < 4.78 is 4.45. The van der Waals surface area contributed by atoms with Crippen LogP contribution in [0.1, 0.15) is 19.3 Å². The maximum absolute atomic E-state index is 11.2. The highest BCUT2D eigenvalue weighted by molar-refractivity contribution is 6.00. The number of rotatable bonds is 4. The summed E-state index contributed by atoms with van der Waals surface area (Å²) in [7, 11) is 1.31. The number of imide groups is 1. The molecule has 0 spiro atoms. The lowest BCUT2D eigenvalue weighted by molar-refractivity contribution is -0.141. The van der Waals surface area contributed by atoms with E-state index in [-0.39, 0.29) is 30.2 Å². The van der Waals surface area contributed by atoms with Crippen LogP contribution in [-0.2, 0) is 19.1 Å². The van der Waals surface area contributed by atoms with E-state index in [9.17, 15) is 14.4 Å². The fourth-order valence-corrected chi connectivity index (χ4v) is 1.34. The molecule has 1 rings (SSSR count). The molecule has 1 heterocycles. The number of hydrogen-bond acceptors (Lipinski definition) is 5. The van der Waals surface area contributed by atoms with E-state index in [1.807, 2.05) is 0 Å². The van der Waals surface area contributed by atoms with Crippen LogP contribution in [-0.4, -0.2) is 37.5 Å². The summed E-state index contributed by atoms with van der Waals surface area (Å²) in [5.74, 6) is -0.892. The van der Waals surface area contributed by atoms with Crippen molar-refractivity contribution in [2.45, 2.75) is 25.3 Å². The van der Waals surface area contributed by atoms with Crippen molar-refractivity contribution in [3.8, 4) is 0 Å². The Morgan fingerprint density at radius 1 is 1.60 bits per heavy atom. The fraction of sp³-hybridized carbons (Fsp3) is 0.667. The van der Waals surface area contributed by atoms with Crippen molar-refractivity contribution in [2.24, 2.45) is 0 Å². The molecule has 1 saturated heterocycles. The molecule has 2 N–H and O–H groups in total. The van der Waals surface area contributed by atoms with Crippen molar-refractivity contribution in [1.82, 2.24) is 10.6 Å². The quantitative estimate of drug-likeness (QED) is 0.460. The number of esters is 1. The van der Waals surface area contributed by atoms with Crippen LogP contribution in [0.15, 0.2) is 0 Å². The average molecular weight is 214 g/mol. The number of piperidine rings is 1.